The first-order valence-electron chi connectivity index (χ1n) is 6.41. The standard InChI is InChI=1S/C12H19F2NO4/c13-10(14)7-9(12(17)18)15-11(16)5-4-8-3-1-2-6-19-8/h8-10H,1-7H2,(H,15,16)(H,17,18). The van der Waals surface area contributed by atoms with E-state index in [1.807, 2.05) is 0 Å². The molecule has 1 aliphatic heterocycles. The zero-order valence-electron chi connectivity index (χ0n) is 10.6. The Labute approximate surface area is 110 Å². The molecule has 1 amide bonds. The summed E-state index contributed by atoms with van der Waals surface area (Å²) >= 11 is 0. The zero-order chi connectivity index (χ0) is 14.3. The molecule has 2 unspecified atom stereocenters. The predicted octanol–water partition coefficient (Wildman–Crippen LogP) is 1.56. The topological polar surface area (TPSA) is 75.6 Å². The highest BCUT2D eigenvalue weighted by Gasteiger charge is 2.24. The fourth-order valence-electron chi connectivity index (χ4n) is 1.99. The van der Waals surface area contributed by atoms with Crippen LogP contribution in [-0.4, -0.2) is 42.2 Å². The average molecular weight is 279 g/mol. The number of nitrogens with one attached hydrogen (secondary N) is 1. The van der Waals surface area contributed by atoms with Crippen molar-refractivity contribution in [2.24, 2.45) is 0 Å². The summed E-state index contributed by atoms with van der Waals surface area (Å²) < 4.78 is 29.7. The van der Waals surface area contributed by atoms with Gasteiger partial charge in [0.2, 0.25) is 12.3 Å². The lowest BCUT2D eigenvalue weighted by molar-refractivity contribution is -0.143. The van der Waals surface area contributed by atoms with E-state index in [4.69, 9.17) is 9.84 Å². The van der Waals surface area contributed by atoms with Gasteiger partial charge in [-0.15, -0.1) is 0 Å². The third-order valence-corrected chi connectivity index (χ3v) is 3.01. The molecule has 1 heterocycles. The first-order chi connectivity index (χ1) is 8.99. The molecular formula is C12H19F2NO4. The number of alkyl halides is 2. The molecule has 5 nitrogen and oxygen atoms in total. The van der Waals surface area contributed by atoms with Crippen molar-refractivity contribution in [3.63, 3.8) is 0 Å². The van der Waals surface area contributed by atoms with E-state index in [-0.39, 0.29) is 12.5 Å². The Morgan fingerprint density at radius 2 is 2.11 bits per heavy atom. The van der Waals surface area contributed by atoms with Crippen LogP contribution >= 0.6 is 0 Å². The Morgan fingerprint density at radius 3 is 2.63 bits per heavy atom. The van der Waals surface area contributed by atoms with Crippen LogP contribution in [0.5, 0.6) is 0 Å². The van der Waals surface area contributed by atoms with Crippen molar-refractivity contribution >= 4 is 11.9 Å². The molecule has 1 saturated heterocycles. The summed E-state index contributed by atoms with van der Waals surface area (Å²) in [5, 5.41) is 10.8. The molecule has 110 valence electrons. The first-order valence-corrected chi connectivity index (χ1v) is 6.41. The second-order valence-electron chi connectivity index (χ2n) is 4.61. The third kappa shape index (κ3) is 6.47. The fraction of sp³-hybridized carbons (Fsp3) is 0.833. The first kappa shape index (κ1) is 15.8. The number of carbonyl (C=O) groups excluding carboxylic acids is 1. The Morgan fingerprint density at radius 1 is 1.37 bits per heavy atom. The van der Waals surface area contributed by atoms with Gasteiger partial charge in [-0.1, -0.05) is 0 Å². The van der Waals surface area contributed by atoms with Gasteiger partial charge in [0, 0.05) is 19.4 Å². The Kier molecular flexibility index (Phi) is 6.69. The highest BCUT2D eigenvalue weighted by Crippen LogP contribution is 2.17. The van der Waals surface area contributed by atoms with Gasteiger partial charge in [-0.3, -0.25) is 4.79 Å². The summed E-state index contributed by atoms with van der Waals surface area (Å²) in [7, 11) is 0. The largest absolute Gasteiger partial charge is 0.480 e. The smallest absolute Gasteiger partial charge is 0.326 e. The molecule has 0 aromatic carbocycles. The van der Waals surface area contributed by atoms with Gasteiger partial charge in [-0.05, 0) is 25.7 Å². The van der Waals surface area contributed by atoms with Crippen LogP contribution in [0.4, 0.5) is 8.78 Å². The molecule has 0 spiro atoms. The minimum absolute atomic E-state index is 0.0119. The molecule has 0 aromatic heterocycles. The number of carbonyl (C=O) groups is 2. The van der Waals surface area contributed by atoms with Crippen LogP contribution in [0.3, 0.4) is 0 Å². The van der Waals surface area contributed by atoms with Crippen LogP contribution in [-0.2, 0) is 14.3 Å². The van der Waals surface area contributed by atoms with Crippen LogP contribution in [0.1, 0.15) is 38.5 Å². The number of halogens is 2. The maximum absolute atomic E-state index is 12.1. The Bertz CT molecular complexity index is 306. The molecule has 0 aromatic rings. The van der Waals surface area contributed by atoms with Crippen molar-refractivity contribution in [3.05, 3.63) is 0 Å². The monoisotopic (exact) mass is 279 g/mol. The van der Waals surface area contributed by atoms with E-state index in [1.165, 1.54) is 0 Å². The Balaban J connectivity index is 2.29. The predicted molar refractivity (Wildman–Crippen MR) is 63.0 cm³/mol. The minimum atomic E-state index is -2.76. The highest BCUT2D eigenvalue weighted by atomic mass is 19.3. The quantitative estimate of drug-likeness (QED) is 0.741. The third-order valence-electron chi connectivity index (χ3n) is 3.01. The molecule has 0 radical (unpaired) electrons. The van der Waals surface area contributed by atoms with Crippen LogP contribution in [0.25, 0.3) is 0 Å². The normalized spacial score (nSPS) is 21.1. The van der Waals surface area contributed by atoms with Gasteiger partial charge in [-0.2, -0.15) is 0 Å². The molecule has 2 atom stereocenters. The number of ether oxygens (including phenoxy) is 1. The lowest BCUT2D eigenvalue weighted by atomic mass is 10.0. The van der Waals surface area contributed by atoms with Crippen LogP contribution < -0.4 is 5.32 Å². The SMILES string of the molecule is O=C(CCC1CCCCO1)NC(CC(F)F)C(=O)O. The van der Waals surface area contributed by atoms with Gasteiger partial charge in [-0.25, -0.2) is 13.6 Å². The van der Waals surface area contributed by atoms with Crippen molar-refractivity contribution in [1.29, 1.82) is 0 Å². The fourth-order valence-corrected chi connectivity index (χ4v) is 1.99. The van der Waals surface area contributed by atoms with E-state index in [2.05, 4.69) is 5.32 Å². The number of carboxylic acids is 1. The van der Waals surface area contributed by atoms with Crippen molar-refractivity contribution < 1.29 is 28.2 Å². The molecule has 0 bridgehead atoms. The van der Waals surface area contributed by atoms with E-state index in [0.717, 1.165) is 19.3 Å². The summed E-state index contributed by atoms with van der Waals surface area (Å²) in [6.07, 6.45) is -0.0906. The summed E-state index contributed by atoms with van der Waals surface area (Å²) in [4.78, 5) is 22.2. The summed E-state index contributed by atoms with van der Waals surface area (Å²) in [5.74, 6) is -1.97. The molecule has 19 heavy (non-hydrogen) atoms. The summed E-state index contributed by atoms with van der Waals surface area (Å²) in [5.41, 5.74) is 0. The van der Waals surface area contributed by atoms with Crippen molar-refractivity contribution in [1.82, 2.24) is 5.32 Å². The Hall–Kier alpha value is -1.24. The lowest BCUT2D eigenvalue weighted by Crippen LogP contribution is -2.42. The van der Waals surface area contributed by atoms with E-state index < -0.39 is 30.8 Å². The molecule has 0 aliphatic carbocycles. The van der Waals surface area contributed by atoms with E-state index in [0.29, 0.717) is 13.0 Å². The average Bonchev–Trinajstić information content (AvgIpc) is 2.36. The number of carboxylic acid groups (broad SMARTS) is 1. The maximum atomic E-state index is 12.1. The molecule has 1 rings (SSSR count). The molecule has 1 aliphatic rings. The van der Waals surface area contributed by atoms with Crippen molar-refractivity contribution in [2.75, 3.05) is 6.61 Å². The molecule has 7 heteroatoms. The van der Waals surface area contributed by atoms with Crippen LogP contribution in [0.15, 0.2) is 0 Å². The van der Waals surface area contributed by atoms with Gasteiger partial charge >= 0.3 is 5.97 Å². The molecule has 2 N–H and O–H groups in total. The number of amides is 1. The highest BCUT2D eigenvalue weighted by molar-refractivity contribution is 5.83. The molecule has 0 saturated carbocycles. The van der Waals surface area contributed by atoms with Gasteiger partial charge in [0.25, 0.3) is 0 Å². The lowest BCUT2D eigenvalue weighted by Gasteiger charge is -2.22. The number of aliphatic carboxylic acids is 1. The van der Waals surface area contributed by atoms with Gasteiger partial charge < -0.3 is 15.2 Å². The van der Waals surface area contributed by atoms with Crippen molar-refractivity contribution in [3.8, 4) is 0 Å². The van der Waals surface area contributed by atoms with Crippen molar-refractivity contribution in [2.45, 2.75) is 57.1 Å². The minimum Gasteiger partial charge on any atom is -0.480 e. The van der Waals surface area contributed by atoms with Crippen LogP contribution in [0.2, 0.25) is 0 Å². The van der Waals surface area contributed by atoms with Gasteiger partial charge in [0.15, 0.2) is 0 Å². The summed E-state index contributed by atoms with van der Waals surface area (Å²) in [6.45, 7) is 0.676. The molecular weight excluding hydrogens is 260 g/mol. The number of rotatable bonds is 7. The second kappa shape index (κ2) is 8.04. The summed E-state index contributed by atoms with van der Waals surface area (Å²) in [6, 6.07) is -1.53. The van der Waals surface area contributed by atoms with E-state index in [1.54, 1.807) is 0 Å². The zero-order valence-corrected chi connectivity index (χ0v) is 10.6. The van der Waals surface area contributed by atoms with E-state index in [9.17, 15) is 18.4 Å². The number of hydrogen-bond acceptors (Lipinski definition) is 3. The van der Waals surface area contributed by atoms with Gasteiger partial charge in [0.05, 0.1) is 6.10 Å². The van der Waals surface area contributed by atoms with E-state index >= 15 is 0 Å². The number of hydrogen-bond donors (Lipinski definition) is 2. The van der Waals surface area contributed by atoms with Gasteiger partial charge in [0.1, 0.15) is 6.04 Å². The second-order valence-corrected chi connectivity index (χ2v) is 4.61. The van der Waals surface area contributed by atoms with Crippen LogP contribution in [0, 0.1) is 0 Å². The maximum Gasteiger partial charge on any atom is 0.326 e. The molecule has 1 fully saturated rings.